The van der Waals surface area contributed by atoms with E-state index in [0.717, 1.165) is 10.5 Å². The number of urea groups is 1. The normalized spacial score (nSPS) is 21.7. The summed E-state index contributed by atoms with van der Waals surface area (Å²) in [7, 11) is 7.73. The summed E-state index contributed by atoms with van der Waals surface area (Å²) in [6.45, 7) is 0.512. The van der Waals surface area contributed by atoms with Crippen LogP contribution in [0.5, 0.6) is 11.5 Å². The first-order chi connectivity index (χ1) is 14.9. The van der Waals surface area contributed by atoms with Crippen molar-refractivity contribution >= 4 is 17.9 Å². The molecule has 1 aromatic rings. The molecule has 3 atom stereocenters. The SMILES string of the molecule is COCCN1C(NC(CO)c2ccc(OC)c(OC)c2)=NC2C1C(=O)N(C)C(=O)N2C. The van der Waals surface area contributed by atoms with Crippen LogP contribution >= 0.6 is 0 Å². The summed E-state index contributed by atoms with van der Waals surface area (Å²) in [5.41, 5.74) is 0.747. The topological polar surface area (TPSA) is 116 Å². The van der Waals surface area contributed by atoms with Crippen LogP contribution in [0.25, 0.3) is 0 Å². The zero-order chi connectivity index (χ0) is 22.7. The highest BCUT2D eigenvalue weighted by Crippen LogP contribution is 2.31. The van der Waals surface area contributed by atoms with Crippen LogP contribution in [0.1, 0.15) is 11.6 Å². The number of aliphatic hydroxyl groups is 1. The van der Waals surface area contributed by atoms with Gasteiger partial charge in [-0.15, -0.1) is 0 Å². The number of nitrogens with one attached hydrogen (secondary N) is 1. The number of guanidine groups is 1. The fourth-order valence-electron chi connectivity index (χ4n) is 3.78. The van der Waals surface area contributed by atoms with Crippen LogP contribution in [0, 0.1) is 0 Å². The molecule has 3 unspecified atom stereocenters. The van der Waals surface area contributed by atoms with Crippen molar-refractivity contribution in [2.45, 2.75) is 18.2 Å². The summed E-state index contributed by atoms with van der Waals surface area (Å²) < 4.78 is 15.8. The summed E-state index contributed by atoms with van der Waals surface area (Å²) in [5.74, 6) is 1.17. The molecule has 1 fully saturated rings. The minimum absolute atomic E-state index is 0.232. The third kappa shape index (κ3) is 4.10. The molecule has 2 aliphatic heterocycles. The summed E-state index contributed by atoms with van der Waals surface area (Å²) in [6, 6.07) is 3.71. The predicted octanol–water partition coefficient (Wildman–Crippen LogP) is -0.137. The van der Waals surface area contributed by atoms with Gasteiger partial charge >= 0.3 is 6.03 Å². The van der Waals surface area contributed by atoms with E-state index in [4.69, 9.17) is 14.2 Å². The van der Waals surface area contributed by atoms with Gasteiger partial charge in [-0.1, -0.05) is 6.07 Å². The number of carbonyl (C=O) groups is 2. The number of rotatable bonds is 8. The molecule has 2 aliphatic rings. The smallest absolute Gasteiger partial charge is 0.328 e. The van der Waals surface area contributed by atoms with Crippen molar-refractivity contribution in [2.75, 3.05) is 55.2 Å². The molecule has 1 saturated heterocycles. The quantitative estimate of drug-likeness (QED) is 0.580. The van der Waals surface area contributed by atoms with Gasteiger partial charge in [-0.25, -0.2) is 9.79 Å². The van der Waals surface area contributed by atoms with Crippen molar-refractivity contribution in [1.82, 2.24) is 20.0 Å². The first-order valence-corrected chi connectivity index (χ1v) is 9.85. The number of amides is 3. The van der Waals surface area contributed by atoms with Gasteiger partial charge in [0.05, 0.1) is 33.5 Å². The number of hydrogen-bond donors (Lipinski definition) is 2. The predicted molar refractivity (Wildman–Crippen MR) is 112 cm³/mol. The lowest BCUT2D eigenvalue weighted by molar-refractivity contribution is -0.136. The molecule has 0 spiro atoms. The Morgan fingerprint density at radius 1 is 1.16 bits per heavy atom. The van der Waals surface area contributed by atoms with E-state index in [1.54, 1.807) is 38.3 Å². The minimum Gasteiger partial charge on any atom is -0.493 e. The van der Waals surface area contributed by atoms with Crippen LogP contribution in [0.3, 0.4) is 0 Å². The summed E-state index contributed by atoms with van der Waals surface area (Å²) in [5, 5.41) is 13.3. The molecule has 0 aliphatic carbocycles. The summed E-state index contributed by atoms with van der Waals surface area (Å²) in [4.78, 5) is 34.2. The van der Waals surface area contributed by atoms with Gasteiger partial charge in [-0.05, 0) is 17.7 Å². The highest BCUT2D eigenvalue weighted by Gasteiger charge is 2.51. The Kier molecular flexibility index (Phi) is 6.86. The van der Waals surface area contributed by atoms with E-state index >= 15 is 0 Å². The van der Waals surface area contributed by atoms with Gasteiger partial charge < -0.3 is 34.4 Å². The van der Waals surface area contributed by atoms with Crippen LogP contribution in [-0.2, 0) is 9.53 Å². The maximum atomic E-state index is 12.9. The molecule has 11 nitrogen and oxygen atoms in total. The number of carbonyl (C=O) groups excluding carboxylic acids is 2. The number of hydrogen-bond acceptors (Lipinski definition) is 9. The van der Waals surface area contributed by atoms with Crippen LogP contribution in [-0.4, -0.2) is 105 Å². The third-order valence-corrected chi connectivity index (χ3v) is 5.55. The van der Waals surface area contributed by atoms with Crippen molar-refractivity contribution in [2.24, 2.45) is 4.99 Å². The Bertz CT molecular complexity index is 862. The molecule has 0 aromatic heterocycles. The van der Waals surface area contributed by atoms with Crippen LogP contribution < -0.4 is 14.8 Å². The van der Waals surface area contributed by atoms with Crippen LogP contribution in [0.15, 0.2) is 23.2 Å². The molecule has 3 rings (SSSR count). The monoisotopic (exact) mass is 435 g/mol. The van der Waals surface area contributed by atoms with E-state index in [-0.39, 0.29) is 12.5 Å². The fourth-order valence-corrected chi connectivity index (χ4v) is 3.78. The van der Waals surface area contributed by atoms with Gasteiger partial charge in [-0.2, -0.15) is 0 Å². The van der Waals surface area contributed by atoms with Gasteiger partial charge in [-0.3, -0.25) is 9.69 Å². The minimum atomic E-state index is -0.671. The average molecular weight is 435 g/mol. The zero-order valence-corrected chi connectivity index (χ0v) is 18.4. The van der Waals surface area contributed by atoms with Crippen LogP contribution in [0.4, 0.5) is 4.79 Å². The van der Waals surface area contributed by atoms with Crippen molar-refractivity contribution < 1.29 is 28.9 Å². The lowest BCUT2D eigenvalue weighted by Crippen LogP contribution is -2.64. The third-order valence-electron chi connectivity index (χ3n) is 5.55. The van der Waals surface area contributed by atoms with Crippen molar-refractivity contribution in [3.8, 4) is 11.5 Å². The van der Waals surface area contributed by atoms with Crippen molar-refractivity contribution in [3.05, 3.63) is 23.8 Å². The molecule has 31 heavy (non-hydrogen) atoms. The lowest BCUT2D eigenvalue weighted by atomic mass is 10.1. The molecule has 11 heteroatoms. The number of aliphatic imine (C=N–C) groups is 1. The van der Waals surface area contributed by atoms with Gasteiger partial charge in [0.2, 0.25) is 0 Å². The molecule has 3 amide bonds. The van der Waals surface area contributed by atoms with Crippen molar-refractivity contribution in [1.29, 1.82) is 0 Å². The van der Waals surface area contributed by atoms with Crippen molar-refractivity contribution in [3.63, 3.8) is 0 Å². The molecule has 2 N–H and O–H groups in total. The average Bonchev–Trinajstić information content (AvgIpc) is 3.15. The number of nitrogens with zero attached hydrogens (tertiary/aromatic N) is 4. The fraction of sp³-hybridized carbons (Fsp3) is 0.550. The second-order valence-electron chi connectivity index (χ2n) is 7.28. The Labute approximate surface area is 181 Å². The molecule has 1 aromatic carbocycles. The lowest BCUT2D eigenvalue weighted by Gasteiger charge is -2.40. The highest BCUT2D eigenvalue weighted by molar-refractivity contribution is 6.03. The van der Waals surface area contributed by atoms with Crippen LogP contribution in [0.2, 0.25) is 0 Å². The number of benzene rings is 1. The van der Waals surface area contributed by atoms with Gasteiger partial charge in [0.25, 0.3) is 5.91 Å². The zero-order valence-electron chi connectivity index (χ0n) is 18.4. The maximum absolute atomic E-state index is 12.9. The van der Waals surface area contributed by atoms with E-state index in [1.807, 2.05) is 6.07 Å². The van der Waals surface area contributed by atoms with Gasteiger partial charge in [0.1, 0.15) is 0 Å². The van der Waals surface area contributed by atoms with Gasteiger partial charge in [0.15, 0.2) is 29.7 Å². The first-order valence-electron chi connectivity index (χ1n) is 9.85. The summed E-state index contributed by atoms with van der Waals surface area (Å²) >= 11 is 0. The molecule has 2 heterocycles. The van der Waals surface area contributed by atoms with E-state index in [9.17, 15) is 14.7 Å². The van der Waals surface area contributed by atoms with E-state index in [2.05, 4.69) is 10.3 Å². The number of ether oxygens (including phenoxy) is 3. The number of methoxy groups -OCH3 is 3. The molecule has 0 bridgehead atoms. The highest BCUT2D eigenvalue weighted by atomic mass is 16.5. The Balaban J connectivity index is 1.91. The Morgan fingerprint density at radius 2 is 1.87 bits per heavy atom. The largest absolute Gasteiger partial charge is 0.493 e. The molecule has 0 saturated carbocycles. The number of aliphatic hydroxyl groups excluding tert-OH is 1. The second kappa shape index (κ2) is 9.40. The number of imide groups is 1. The Hall–Kier alpha value is -3.05. The van der Waals surface area contributed by atoms with E-state index in [1.165, 1.54) is 19.1 Å². The maximum Gasteiger partial charge on any atom is 0.328 e. The summed E-state index contributed by atoms with van der Waals surface area (Å²) in [6.07, 6.45) is -0.666. The van der Waals surface area contributed by atoms with E-state index < -0.39 is 24.3 Å². The standard InChI is InChI=1S/C20H29N5O6/c1-23-17-16(18(27)24(2)20(23)28)25(8-9-29-3)19(22-17)21-13(11-26)12-6-7-14(30-4)15(10-12)31-5/h6-7,10,13,16-17,26H,8-9,11H2,1-5H3,(H,21,22). The Morgan fingerprint density at radius 3 is 2.48 bits per heavy atom. The number of likely N-dealkylation sites (N-methyl/N-ethyl adjacent to an activating group) is 2. The molecular weight excluding hydrogens is 406 g/mol. The first kappa shape index (κ1) is 22.6. The second-order valence-corrected chi connectivity index (χ2v) is 7.28. The number of fused-ring (bicyclic) bond motifs is 1. The van der Waals surface area contributed by atoms with E-state index in [0.29, 0.717) is 30.6 Å². The molecule has 0 radical (unpaired) electrons. The molecule has 170 valence electrons. The van der Waals surface area contributed by atoms with Gasteiger partial charge in [0, 0.05) is 27.7 Å². The molecular formula is C20H29N5O6.